The molecule has 0 spiro atoms. The van der Waals surface area contributed by atoms with Crippen LogP contribution in [0.3, 0.4) is 0 Å². The molecule has 0 radical (unpaired) electrons. The number of ether oxygens (including phenoxy) is 4. The highest BCUT2D eigenvalue weighted by molar-refractivity contribution is 7.47. The lowest BCUT2D eigenvalue weighted by atomic mass is 10.0. The molecule has 19 heteroatoms. The van der Waals surface area contributed by atoms with Gasteiger partial charge in [-0.15, -0.1) is 0 Å². The number of aliphatic hydroxyl groups excluding tert-OH is 1. The molecule has 5 atom stereocenters. The molecule has 0 rings (SSSR count). The second-order valence-electron chi connectivity index (χ2n) is 28.2. The first-order chi connectivity index (χ1) is 46.5. The molecule has 0 aliphatic carbocycles. The summed E-state index contributed by atoms with van der Waals surface area (Å²) in [6.07, 6.45) is 59.9. The minimum Gasteiger partial charge on any atom is -0.462 e. The zero-order chi connectivity index (χ0) is 70.5. The largest absolute Gasteiger partial charge is 0.472 e. The highest BCUT2D eigenvalue weighted by atomic mass is 31.2. The molecule has 0 amide bonds. The van der Waals surface area contributed by atoms with E-state index in [-0.39, 0.29) is 25.7 Å². The molecule has 96 heavy (non-hydrogen) atoms. The molecule has 0 aliphatic rings. The van der Waals surface area contributed by atoms with Gasteiger partial charge in [0.2, 0.25) is 0 Å². The van der Waals surface area contributed by atoms with Crippen molar-refractivity contribution in [1.82, 2.24) is 0 Å². The third-order valence-corrected chi connectivity index (χ3v) is 19.9. The van der Waals surface area contributed by atoms with Gasteiger partial charge < -0.3 is 33.8 Å². The number of phosphoric ester groups is 2. The van der Waals surface area contributed by atoms with Crippen LogP contribution in [0.1, 0.15) is 407 Å². The third-order valence-electron chi connectivity index (χ3n) is 18.0. The second-order valence-corrected chi connectivity index (χ2v) is 31.1. The Morgan fingerprint density at radius 1 is 0.281 bits per heavy atom. The SMILES string of the molecule is CCCCCCCCCCCCCCCCCCCCCC(=O)O[C@H](COC(=O)CCCCCCCCCCCCCCCCCCCC)COP(=O)(O)OC[C@@H](O)COP(=O)(O)OC[C@@H](COC(=O)CCCCCCCCCC)OC(=O)CCCCCCCCCCC(C)C. The Hall–Kier alpha value is -1.94. The van der Waals surface area contributed by atoms with Crippen LogP contribution < -0.4 is 0 Å². The van der Waals surface area contributed by atoms with Gasteiger partial charge in [0.1, 0.15) is 19.3 Å². The highest BCUT2D eigenvalue weighted by Crippen LogP contribution is 2.45. The van der Waals surface area contributed by atoms with Crippen LogP contribution in [0.15, 0.2) is 0 Å². The predicted molar refractivity (Wildman–Crippen MR) is 391 cm³/mol. The summed E-state index contributed by atoms with van der Waals surface area (Å²) in [4.78, 5) is 72.7. The number of carbonyl (C=O) groups excluding carboxylic acids is 4. The zero-order valence-electron chi connectivity index (χ0n) is 62.5. The predicted octanol–water partition coefficient (Wildman–Crippen LogP) is 22.9. The van der Waals surface area contributed by atoms with Gasteiger partial charge in [0.05, 0.1) is 26.4 Å². The van der Waals surface area contributed by atoms with Crippen LogP contribution in [0.4, 0.5) is 0 Å². The summed E-state index contributed by atoms with van der Waals surface area (Å²) in [5.74, 6) is -1.40. The topological polar surface area (TPSA) is 237 Å². The van der Waals surface area contributed by atoms with E-state index in [4.69, 9.17) is 37.0 Å². The molecule has 17 nitrogen and oxygen atoms in total. The molecule has 0 saturated carbocycles. The number of hydrogen-bond acceptors (Lipinski definition) is 15. The maximum absolute atomic E-state index is 13.1. The van der Waals surface area contributed by atoms with E-state index in [9.17, 15) is 43.2 Å². The molecule has 2 unspecified atom stereocenters. The number of rotatable bonds is 77. The molecular weight excluding hydrogens is 1260 g/mol. The quantitative estimate of drug-likeness (QED) is 0.0222. The van der Waals surface area contributed by atoms with Gasteiger partial charge in [-0.25, -0.2) is 9.13 Å². The highest BCUT2D eigenvalue weighted by Gasteiger charge is 2.30. The maximum atomic E-state index is 13.1. The summed E-state index contributed by atoms with van der Waals surface area (Å²) in [6.45, 7) is 7.23. The van der Waals surface area contributed by atoms with E-state index in [2.05, 4.69) is 34.6 Å². The second kappa shape index (κ2) is 70.1. The van der Waals surface area contributed by atoms with Crippen molar-refractivity contribution in [3.8, 4) is 0 Å². The summed E-state index contributed by atoms with van der Waals surface area (Å²) in [6, 6.07) is 0. The minimum absolute atomic E-state index is 0.105. The van der Waals surface area contributed by atoms with Crippen molar-refractivity contribution in [3.63, 3.8) is 0 Å². The Kier molecular flexibility index (Phi) is 68.7. The molecule has 0 bridgehead atoms. The van der Waals surface area contributed by atoms with E-state index in [1.54, 1.807) is 0 Å². The number of unbranched alkanes of at least 4 members (excludes halogenated alkanes) is 49. The van der Waals surface area contributed by atoms with E-state index >= 15 is 0 Å². The molecule has 0 fully saturated rings. The van der Waals surface area contributed by atoms with Crippen LogP contribution in [0.25, 0.3) is 0 Å². The summed E-state index contributed by atoms with van der Waals surface area (Å²) < 4.78 is 68.5. The minimum atomic E-state index is -4.96. The Morgan fingerprint density at radius 2 is 0.479 bits per heavy atom. The standard InChI is InChI=1S/C77H150O17P2/c1-6-9-12-15-18-21-23-25-27-29-31-33-35-37-39-41-47-52-57-62-76(81)93-73(67-88-75(80)61-56-51-46-40-38-36-34-32-30-28-26-24-22-19-16-13-10-7-2)69-92-96(85,86)90-65-71(78)64-89-95(83,84)91-68-72(66-87-74(79)60-55-50-45-20-17-14-11-8-3)94-77(82)63-58-53-48-43-42-44-49-54-59-70(4)5/h70-73,78H,6-69H2,1-5H3,(H,83,84)(H,85,86)/t71-,72+,73+/m0/s1. The Balaban J connectivity index is 5.19. The molecule has 0 aromatic carbocycles. The smallest absolute Gasteiger partial charge is 0.462 e. The zero-order valence-corrected chi connectivity index (χ0v) is 64.3. The van der Waals surface area contributed by atoms with Gasteiger partial charge in [0, 0.05) is 25.7 Å². The monoisotopic (exact) mass is 1410 g/mol. The molecule has 0 aromatic rings. The van der Waals surface area contributed by atoms with Gasteiger partial charge in [0.15, 0.2) is 12.2 Å². The number of phosphoric acid groups is 2. The summed E-state index contributed by atoms with van der Waals surface area (Å²) in [5.41, 5.74) is 0. The fraction of sp³-hybridized carbons (Fsp3) is 0.948. The first-order valence-electron chi connectivity index (χ1n) is 40.1. The van der Waals surface area contributed by atoms with Crippen molar-refractivity contribution in [2.75, 3.05) is 39.6 Å². The number of aliphatic hydroxyl groups is 1. The number of carbonyl (C=O) groups is 4. The van der Waals surface area contributed by atoms with Crippen molar-refractivity contribution in [2.24, 2.45) is 5.92 Å². The van der Waals surface area contributed by atoms with E-state index in [1.807, 2.05) is 0 Å². The van der Waals surface area contributed by atoms with Crippen LogP contribution in [0.5, 0.6) is 0 Å². The van der Waals surface area contributed by atoms with E-state index < -0.39 is 97.5 Å². The summed E-state index contributed by atoms with van der Waals surface area (Å²) >= 11 is 0. The van der Waals surface area contributed by atoms with Crippen molar-refractivity contribution < 1.29 is 80.2 Å². The molecule has 570 valence electrons. The Labute approximate surface area is 588 Å². The fourth-order valence-corrected chi connectivity index (χ4v) is 13.5. The first-order valence-corrected chi connectivity index (χ1v) is 43.1. The van der Waals surface area contributed by atoms with Gasteiger partial charge >= 0.3 is 39.5 Å². The first kappa shape index (κ1) is 94.1. The molecule has 0 heterocycles. The normalized spacial score (nSPS) is 13.9. The van der Waals surface area contributed by atoms with Crippen LogP contribution in [-0.4, -0.2) is 96.7 Å². The average Bonchev–Trinajstić information content (AvgIpc) is 1.16. The molecular formula is C77H150O17P2. The van der Waals surface area contributed by atoms with Crippen molar-refractivity contribution in [3.05, 3.63) is 0 Å². The van der Waals surface area contributed by atoms with Crippen molar-refractivity contribution in [2.45, 2.75) is 425 Å². The number of esters is 4. The van der Waals surface area contributed by atoms with Crippen molar-refractivity contribution >= 4 is 39.5 Å². The Bertz CT molecular complexity index is 1840. The lowest BCUT2D eigenvalue weighted by Crippen LogP contribution is -2.30. The van der Waals surface area contributed by atoms with Crippen LogP contribution in [0, 0.1) is 5.92 Å². The van der Waals surface area contributed by atoms with E-state index in [0.29, 0.717) is 25.7 Å². The summed E-state index contributed by atoms with van der Waals surface area (Å²) in [5, 5.41) is 10.6. The third kappa shape index (κ3) is 70.5. The van der Waals surface area contributed by atoms with Crippen LogP contribution in [-0.2, 0) is 65.4 Å². The van der Waals surface area contributed by atoms with Gasteiger partial charge in [-0.3, -0.25) is 37.3 Å². The molecule has 0 aromatic heterocycles. The average molecular weight is 1410 g/mol. The van der Waals surface area contributed by atoms with E-state index in [1.165, 1.54) is 225 Å². The van der Waals surface area contributed by atoms with Gasteiger partial charge in [-0.1, -0.05) is 356 Å². The van der Waals surface area contributed by atoms with E-state index in [0.717, 1.165) is 102 Å². The Morgan fingerprint density at radius 3 is 0.708 bits per heavy atom. The number of hydrogen-bond donors (Lipinski definition) is 3. The summed E-state index contributed by atoms with van der Waals surface area (Å²) in [7, 11) is -9.91. The maximum Gasteiger partial charge on any atom is 0.472 e. The molecule has 0 saturated heterocycles. The molecule has 0 aliphatic heterocycles. The lowest BCUT2D eigenvalue weighted by molar-refractivity contribution is -0.161. The van der Waals surface area contributed by atoms with Crippen LogP contribution >= 0.6 is 15.6 Å². The van der Waals surface area contributed by atoms with Crippen LogP contribution in [0.2, 0.25) is 0 Å². The van der Waals surface area contributed by atoms with Gasteiger partial charge in [0.25, 0.3) is 0 Å². The van der Waals surface area contributed by atoms with Gasteiger partial charge in [-0.2, -0.15) is 0 Å². The molecule has 3 N–H and O–H groups in total. The van der Waals surface area contributed by atoms with Gasteiger partial charge in [-0.05, 0) is 31.6 Å². The fourth-order valence-electron chi connectivity index (χ4n) is 11.9. The lowest BCUT2D eigenvalue weighted by Gasteiger charge is -2.21. The van der Waals surface area contributed by atoms with Crippen molar-refractivity contribution in [1.29, 1.82) is 0 Å².